The Hall–Kier alpha value is -2.69. The van der Waals surface area contributed by atoms with Crippen LogP contribution in [0.15, 0.2) is 42.5 Å². The summed E-state index contributed by atoms with van der Waals surface area (Å²) in [6.45, 7) is 0.638. The van der Waals surface area contributed by atoms with E-state index in [1.807, 2.05) is 36.4 Å². The van der Waals surface area contributed by atoms with E-state index in [0.29, 0.717) is 18.0 Å². The highest BCUT2D eigenvalue weighted by atomic mass is 16.5. The van der Waals surface area contributed by atoms with E-state index in [2.05, 4.69) is 5.32 Å². The number of nitrogens with two attached hydrogens (primary N) is 1. The zero-order chi connectivity index (χ0) is 14.8. The second-order valence-corrected chi connectivity index (χ2v) is 4.91. The molecule has 0 saturated heterocycles. The van der Waals surface area contributed by atoms with Crippen molar-refractivity contribution in [3.8, 4) is 5.75 Å². The number of nitrogens with one attached hydrogen (secondary N) is 1. The van der Waals surface area contributed by atoms with Gasteiger partial charge in [0.15, 0.2) is 0 Å². The van der Waals surface area contributed by atoms with Crippen molar-refractivity contribution in [3.63, 3.8) is 0 Å². The molecule has 2 aromatic carbocycles. The van der Waals surface area contributed by atoms with Crippen LogP contribution in [0.3, 0.4) is 0 Å². The highest BCUT2D eigenvalue weighted by molar-refractivity contribution is 6.03. The third-order valence-electron chi connectivity index (χ3n) is 3.63. The minimum absolute atomic E-state index is 0.160. The van der Waals surface area contributed by atoms with Gasteiger partial charge in [-0.15, -0.1) is 0 Å². The summed E-state index contributed by atoms with van der Waals surface area (Å²) in [5.74, 6) is 0.707. The number of hydrogen-bond acceptors (Lipinski definition) is 3. The topological polar surface area (TPSA) is 67.6 Å². The molecule has 0 radical (unpaired) electrons. The van der Waals surface area contributed by atoms with Gasteiger partial charge in [0.2, 0.25) is 0 Å². The molecule has 0 aliphatic carbocycles. The number of anilines is 3. The van der Waals surface area contributed by atoms with Gasteiger partial charge in [0, 0.05) is 29.5 Å². The number of carbonyl (C=O) groups is 1. The number of carbonyl (C=O) groups excluding carboxylic acids is 1. The first-order valence-corrected chi connectivity index (χ1v) is 6.79. The molecule has 0 spiro atoms. The van der Waals surface area contributed by atoms with Crippen LogP contribution >= 0.6 is 0 Å². The molecule has 0 saturated carbocycles. The monoisotopic (exact) mass is 283 g/mol. The van der Waals surface area contributed by atoms with Crippen molar-refractivity contribution in [2.75, 3.05) is 29.6 Å². The third-order valence-corrected chi connectivity index (χ3v) is 3.63. The van der Waals surface area contributed by atoms with Crippen molar-refractivity contribution >= 4 is 23.1 Å². The first-order valence-electron chi connectivity index (χ1n) is 6.79. The van der Waals surface area contributed by atoms with Crippen molar-refractivity contribution < 1.29 is 9.53 Å². The molecule has 3 N–H and O–H groups in total. The van der Waals surface area contributed by atoms with Crippen LogP contribution < -0.4 is 20.7 Å². The molecule has 5 heteroatoms. The van der Waals surface area contributed by atoms with Crippen LogP contribution in [0.5, 0.6) is 5.75 Å². The van der Waals surface area contributed by atoms with Crippen LogP contribution in [0.1, 0.15) is 5.56 Å². The minimum atomic E-state index is -0.160. The molecule has 1 aliphatic heterocycles. The summed E-state index contributed by atoms with van der Waals surface area (Å²) in [6.07, 6.45) is 0.785. The van der Waals surface area contributed by atoms with E-state index in [4.69, 9.17) is 10.5 Å². The summed E-state index contributed by atoms with van der Waals surface area (Å²) in [6, 6.07) is 12.8. The Bertz CT molecular complexity index is 685. The lowest BCUT2D eigenvalue weighted by Gasteiger charge is -2.18. The van der Waals surface area contributed by atoms with Crippen LogP contribution in [-0.2, 0) is 6.42 Å². The van der Waals surface area contributed by atoms with Crippen LogP contribution in [-0.4, -0.2) is 19.7 Å². The Morgan fingerprint density at radius 1 is 1.29 bits per heavy atom. The van der Waals surface area contributed by atoms with Gasteiger partial charge >= 0.3 is 6.03 Å². The van der Waals surface area contributed by atoms with Gasteiger partial charge in [0.1, 0.15) is 5.75 Å². The van der Waals surface area contributed by atoms with Crippen LogP contribution in [0.4, 0.5) is 21.9 Å². The summed E-state index contributed by atoms with van der Waals surface area (Å²) in [7, 11) is 1.60. The fourth-order valence-corrected chi connectivity index (χ4v) is 2.56. The lowest BCUT2D eigenvalue weighted by molar-refractivity contribution is 0.257. The number of nitrogen functional groups attached to an aromatic ring is 1. The lowest BCUT2D eigenvalue weighted by atomic mass is 10.1. The number of amides is 2. The average Bonchev–Trinajstić information content (AvgIpc) is 2.93. The minimum Gasteiger partial charge on any atom is -0.497 e. The first-order chi connectivity index (χ1) is 10.2. The average molecular weight is 283 g/mol. The zero-order valence-electron chi connectivity index (χ0n) is 11.8. The fourth-order valence-electron chi connectivity index (χ4n) is 2.56. The van der Waals surface area contributed by atoms with Gasteiger partial charge in [0.25, 0.3) is 0 Å². The Balaban J connectivity index is 1.80. The molecule has 108 valence electrons. The lowest BCUT2D eigenvalue weighted by Crippen LogP contribution is -2.33. The summed E-state index contributed by atoms with van der Waals surface area (Å²) in [5.41, 5.74) is 9.32. The molecule has 21 heavy (non-hydrogen) atoms. The molecule has 0 unspecified atom stereocenters. The van der Waals surface area contributed by atoms with Crippen molar-refractivity contribution in [2.45, 2.75) is 6.42 Å². The van der Waals surface area contributed by atoms with E-state index >= 15 is 0 Å². The van der Waals surface area contributed by atoms with Gasteiger partial charge in [-0.05, 0) is 30.7 Å². The summed E-state index contributed by atoms with van der Waals surface area (Å²) in [4.78, 5) is 14.1. The van der Waals surface area contributed by atoms with E-state index < -0.39 is 0 Å². The summed E-state index contributed by atoms with van der Waals surface area (Å²) >= 11 is 0. The molecule has 0 aromatic heterocycles. The van der Waals surface area contributed by atoms with Gasteiger partial charge in [-0.1, -0.05) is 12.1 Å². The van der Waals surface area contributed by atoms with Gasteiger partial charge in [-0.2, -0.15) is 0 Å². The Morgan fingerprint density at radius 2 is 2.10 bits per heavy atom. The maximum Gasteiger partial charge on any atom is 0.326 e. The van der Waals surface area contributed by atoms with Gasteiger partial charge in [-0.3, -0.25) is 4.90 Å². The number of nitrogens with zero attached hydrogens (tertiary/aromatic N) is 1. The second-order valence-electron chi connectivity index (χ2n) is 4.91. The second kappa shape index (κ2) is 5.36. The highest BCUT2D eigenvalue weighted by Crippen LogP contribution is 2.32. The molecule has 3 rings (SSSR count). The number of urea groups is 1. The van der Waals surface area contributed by atoms with Crippen molar-refractivity contribution in [3.05, 3.63) is 48.0 Å². The largest absolute Gasteiger partial charge is 0.497 e. The van der Waals surface area contributed by atoms with E-state index in [-0.39, 0.29) is 6.03 Å². The van der Waals surface area contributed by atoms with Crippen LogP contribution in [0, 0.1) is 0 Å². The SMILES string of the molecule is COc1cccc(NC(=O)N2CCc3c(N)cccc32)c1. The van der Waals surface area contributed by atoms with E-state index in [0.717, 1.165) is 23.4 Å². The molecule has 2 amide bonds. The van der Waals surface area contributed by atoms with Crippen molar-refractivity contribution in [2.24, 2.45) is 0 Å². The quantitative estimate of drug-likeness (QED) is 0.833. The smallest absolute Gasteiger partial charge is 0.326 e. The number of methoxy groups -OCH3 is 1. The Morgan fingerprint density at radius 3 is 2.90 bits per heavy atom. The van der Waals surface area contributed by atoms with Gasteiger partial charge in [-0.25, -0.2) is 4.79 Å². The van der Waals surface area contributed by atoms with Crippen LogP contribution in [0.25, 0.3) is 0 Å². The van der Waals surface area contributed by atoms with E-state index in [9.17, 15) is 4.79 Å². The maximum atomic E-state index is 12.4. The molecule has 0 bridgehead atoms. The predicted octanol–water partition coefficient (Wildman–Crippen LogP) is 2.87. The number of rotatable bonds is 2. The first kappa shape index (κ1) is 13.3. The number of hydrogen-bond donors (Lipinski definition) is 2. The van der Waals surface area contributed by atoms with Crippen molar-refractivity contribution in [1.82, 2.24) is 0 Å². The zero-order valence-corrected chi connectivity index (χ0v) is 11.8. The third kappa shape index (κ3) is 2.50. The van der Waals surface area contributed by atoms with Crippen molar-refractivity contribution in [1.29, 1.82) is 0 Å². The highest BCUT2D eigenvalue weighted by Gasteiger charge is 2.25. The Labute approximate surface area is 123 Å². The maximum absolute atomic E-state index is 12.4. The molecule has 0 fully saturated rings. The number of fused-ring (bicyclic) bond motifs is 1. The molecule has 5 nitrogen and oxygen atoms in total. The van der Waals surface area contributed by atoms with Gasteiger partial charge < -0.3 is 15.8 Å². The molecule has 1 aliphatic rings. The van der Waals surface area contributed by atoms with E-state index in [1.54, 1.807) is 18.1 Å². The number of benzene rings is 2. The van der Waals surface area contributed by atoms with Gasteiger partial charge in [0.05, 0.1) is 12.8 Å². The van der Waals surface area contributed by atoms with E-state index in [1.165, 1.54) is 0 Å². The normalized spacial score (nSPS) is 12.9. The molecule has 0 atom stereocenters. The molecular formula is C16H17N3O2. The Kier molecular flexibility index (Phi) is 3.39. The predicted molar refractivity (Wildman–Crippen MR) is 83.9 cm³/mol. The van der Waals surface area contributed by atoms with Crippen LogP contribution in [0.2, 0.25) is 0 Å². The molecular weight excluding hydrogens is 266 g/mol. The fraction of sp³-hybridized carbons (Fsp3) is 0.188. The molecule has 2 aromatic rings. The number of ether oxygens (including phenoxy) is 1. The summed E-state index contributed by atoms with van der Waals surface area (Å²) in [5, 5.41) is 2.89. The summed E-state index contributed by atoms with van der Waals surface area (Å²) < 4.78 is 5.15. The molecule has 1 heterocycles. The standard InChI is InChI=1S/C16H17N3O2/c1-21-12-5-2-4-11(10-12)18-16(20)19-9-8-13-14(17)6-3-7-15(13)19/h2-7,10H,8-9,17H2,1H3,(H,18,20).